The van der Waals surface area contributed by atoms with E-state index in [-0.39, 0.29) is 0 Å². The summed E-state index contributed by atoms with van der Waals surface area (Å²) in [4.78, 5) is 0. The molecule has 1 heterocycles. The standard InChI is InChI=1S/C16H17N/c1-12-5-4-7-14(11-12)16-10-9-13-6-2-3-8-15(13)17-16/h2-8,11,16-17H,9-10H2,1H3/t16-/m1/s1. The van der Waals surface area contributed by atoms with E-state index in [1.54, 1.807) is 0 Å². The molecule has 0 bridgehead atoms. The Hall–Kier alpha value is -1.76. The molecule has 2 aromatic rings. The first-order chi connectivity index (χ1) is 8.33. The molecule has 0 radical (unpaired) electrons. The zero-order valence-corrected chi connectivity index (χ0v) is 10.1. The van der Waals surface area contributed by atoms with Crippen LogP contribution in [0.25, 0.3) is 0 Å². The molecule has 1 N–H and O–H groups in total. The lowest BCUT2D eigenvalue weighted by Gasteiger charge is -2.27. The van der Waals surface area contributed by atoms with Gasteiger partial charge in [-0.2, -0.15) is 0 Å². The summed E-state index contributed by atoms with van der Waals surface area (Å²) in [5, 5.41) is 3.64. The molecule has 3 rings (SSSR count). The average molecular weight is 223 g/mol. The zero-order valence-electron chi connectivity index (χ0n) is 10.1. The van der Waals surface area contributed by atoms with Crippen molar-refractivity contribution in [2.75, 3.05) is 5.32 Å². The van der Waals surface area contributed by atoms with E-state index in [1.807, 2.05) is 0 Å². The van der Waals surface area contributed by atoms with Crippen molar-refractivity contribution < 1.29 is 0 Å². The molecule has 0 fully saturated rings. The maximum atomic E-state index is 3.64. The summed E-state index contributed by atoms with van der Waals surface area (Å²) in [7, 11) is 0. The second-order valence-electron chi connectivity index (χ2n) is 4.81. The van der Waals surface area contributed by atoms with Crippen LogP contribution in [0.4, 0.5) is 5.69 Å². The highest BCUT2D eigenvalue weighted by atomic mass is 14.9. The van der Waals surface area contributed by atoms with Crippen molar-refractivity contribution in [3.63, 3.8) is 0 Å². The van der Waals surface area contributed by atoms with Crippen LogP contribution in [0, 0.1) is 6.92 Å². The lowest BCUT2D eigenvalue weighted by Crippen LogP contribution is -2.17. The summed E-state index contributed by atoms with van der Waals surface area (Å²) in [5.74, 6) is 0. The highest BCUT2D eigenvalue weighted by Crippen LogP contribution is 2.32. The van der Waals surface area contributed by atoms with Gasteiger partial charge < -0.3 is 5.32 Å². The molecule has 1 heteroatoms. The predicted octanol–water partition coefficient (Wildman–Crippen LogP) is 4.09. The summed E-state index contributed by atoms with van der Waals surface area (Å²) in [6.07, 6.45) is 2.35. The summed E-state index contributed by atoms with van der Waals surface area (Å²) >= 11 is 0. The number of hydrogen-bond donors (Lipinski definition) is 1. The van der Waals surface area contributed by atoms with Gasteiger partial charge in [0.15, 0.2) is 0 Å². The van der Waals surface area contributed by atoms with Gasteiger partial charge in [0.2, 0.25) is 0 Å². The minimum Gasteiger partial charge on any atom is -0.378 e. The molecule has 86 valence electrons. The number of rotatable bonds is 1. The van der Waals surface area contributed by atoms with E-state index in [9.17, 15) is 0 Å². The Morgan fingerprint density at radius 1 is 1.06 bits per heavy atom. The van der Waals surface area contributed by atoms with Gasteiger partial charge in [0, 0.05) is 5.69 Å². The SMILES string of the molecule is Cc1cccc([C@H]2CCc3ccccc3N2)c1. The lowest BCUT2D eigenvalue weighted by molar-refractivity contribution is 0.667. The molecule has 1 atom stereocenters. The molecule has 1 nitrogen and oxygen atoms in total. The van der Waals surface area contributed by atoms with Gasteiger partial charge in [0.25, 0.3) is 0 Å². The first-order valence-electron chi connectivity index (χ1n) is 6.24. The maximum absolute atomic E-state index is 3.64. The summed E-state index contributed by atoms with van der Waals surface area (Å²) < 4.78 is 0. The maximum Gasteiger partial charge on any atom is 0.0517 e. The number of aryl methyl sites for hydroxylation is 2. The molecule has 0 spiro atoms. The third kappa shape index (κ3) is 2.05. The van der Waals surface area contributed by atoms with E-state index in [4.69, 9.17) is 0 Å². The predicted molar refractivity (Wildman–Crippen MR) is 72.3 cm³/mol. The number of nitrogens with one attached hydrogen (secondary N) is 1. The summed E-state index contributed by atoms with van der Waals surface area (Å²) in [5.41, 5.74) is 5.48. The van der Waals surface area contributed by atoms with Crippen LogP contribution in [0.15, 0.2) is 48.5 Å². The normalized spacial score (nSPS) is 18.3. The third-order valence-electron chi connectivity index (χ3n) is 3.49. The van der Waals surface area contributed by atoms with Crippen molar-refractivity contribution in [3.05, 3.63) is 65.2 Å². The van der Waals surface area contributed by atoms with Crippen LogP contribution in [-0.2, 0) is 6.42 Å². The second kappa shape index (κ2) is 4.25. The van der Waals surface area contributed by atoms with Crippen LogP contribution in [0.1, 0.15) is 29.2 Å². The Morgan fingerprint density at radius 2 is 1.94 bits per heavy atom. The molecular weight excluding hydrogens is 206 g/mol. The van der Waals surface area contributed by atoms with E-state index < -0.39 is 0 Å². The van der Waals surface area contributed by atoms with Gasteiger partial charge in [0.1, 0.15) is 0 Å². The molecule has 0 amide bonds. The Morgan fingerprint density at radius 3 is 2.82 bits per heavy atom. The molecule has 2 aromatic carbocycles. The summed E-state index contributed by atoms with van der Waals surface area (Å²) in [6.45, 7) is 2.15. The second-order valence-corrected chi connectivity index (χ2v) is 4.81. The van der Waals surface area contributed by atoms with Crippen molar-refractivity contribution in [2.45, 2.75) is 25.8 Å². The fraction of sp³-hybridized carbons (Fsp3) is 0.250. The van der Waals surface area contributed by atoms with Gasteiger partial charge in [-0.1, -0.05) is 48.0 Å². The molecule has 17 heavy (non-hydrogen) atoms. The molecular formula is C16H17N. The minimum absolute atomic E-state index is 0.463. The van der Waals surface area contributed by atoms with Crippen molar-refractivity contribution >= 4 is 5.69 Å². The van der Waals surface area contributed by atoms with Gasteiger partial charge in [-0.3, -0.25) is 0 Å². The van der Waals surface area contributed by atoms with Gasteiger partial charge in [-0.15, -0.1) is 0 Å². The van der Waals surface area contributed by atoms with E-state index in [1.165, 1.54) is 35.2 Å². The Kier molecular flexibility index (Phi) is 2.60. The molecule has 0 unspecified atom stereocenters. The number of benzene rings is 2. The smallest absolute Gasteiger partial charge is 0.0517 e. The van der Waals surface area contributed by atoms with Crippen molar-refractivity contribution in [1.29, 1.82) is 0 Å². The minimum atomic E-state index is 0.463. The van der Waals surface area contributed by atoms with E-state index in [0.29, 0.717) is 6.04 Å². The summed E-state index contributed by atoms with van der Waals surface area (Å²) in [6, 6.07) is 17.9. The van der Waals surface area contributed by atoms with Crippen molar-refractivity contribution in [3.8, 4) is 0 Å². The van der Waals surface area contributed by atoms with Crippen LogP contribution in [-0.4, -0.2) is 0 Å². The first kappa shape index (κ1) is 10.4. The van der Waals surface area contributed by atoms with Gasteiger partial charge in [0.05, 0.1) is 6.04 Å². The fourth-order valence-corrected chi connectivity index (χ4v) is 2.58. The van der Waals surface area contributed by atoms with E-state index in [0.717, 1.165) is 0 Å². The largest absolute Gasteiger partial charge is 0.378 e. The highest BCUT2D eigenvalue weighted by Gasteiger charge is 2.18. The van der Waals surface area contributed by atoms with Gasteiger partial charge in [-0.25, -0.2) is 0 Å². The molecule has 1 aliphatic rings. The van der Waals surface area contributed by atoms with E-state index >= 15 is 0 Å². The number of fused-ring (bicyclic) bond motifs is 1. The van der Waals surface area contributed by atoms with Crippen LogP contribution in [0.2, 0.25) is 0 Å². The molecule has 0 saturated carbocycles. The topological polar surface area (TPSA) is 12.0 Å². The lowest BCUT2D eigenvalue weighted by atomic mass is 9.93. The Balaban J connectivity index is 1.89. The van der Waals surface area contributed by atoms with Crippen LogP contribution in [0.3, 0.4) is 0 Å². The molecule has 0 aromatic heterocycles. The van der Waals surface area contributed by atoms with Gasteiger partial charge >= 0.3 is 0 Å². The quantitative estimate of drug-likeness (QED) is 0.767. The number of hydrogen-bond acceptors (Lipinski definition) is 1. The van der Waals surface area contributed by atoms with Crippen LogP contribution < -0.4 is 5.32 Å². The monoisotopic (exact) mass is 223 g/mol. The van der Waals surface area contributed by atoms with E-state index in [2.05, 4.69) is 60.8 Å². The zero-order chi connectivity index (χ0) is 11.7. The molecule has 0 aliphatic carbocycles. The van der Waals surface area contributed by atoms with Crippen LogP contribution in [0.5, 0.6) is 0 Å². The van der Waals surface area contributed by atoms with Crippen molar-refractivity contribution in [2.24, 2.45) is 0 Å². The fourth-order valence-electron chi connectivity index (χ4n) is 2.58. The Labute approximate surface area is 102 Å². The molecule has 0 saturated heterocycles. The number of anilines is 1. The number of para-hydroxylation sites is 1. The Bertz CT molecular complexity index is 531. The van der Waals surface area contributed by atoms with Crippen LogP contribution >= 0.6 is 0 Å². The van der Waals surface area contributed by atoms with Crippen molar-refractivity contribution in [1.82, 2.24) is 0 Å². The molecule has 1 aliphatic heterocycles. The average Bonchev–Trinajstić information content (AvgIpc) is 2.38. The van der Waals surface area contributed by atoms with Gasteiger partial charge in [-0.05, 0) is 37.0 Å². The highest BCUT2D eigenvalue weighted by molar-refractivity contribution is 5.55. The first-order valence-corrected chi connectivity index (χ1v) is 6.24. The third-order valence-corrected chi connectivity index (χ3v) is 3.49.